The summed E-state index contributed by atoms with van der Waals surface area (Å²) in [5, 5.41) is 11.1. The molecule has 0 aromatic carbocycles. The highest BCUT2D eigenvalue weighted by atomic mass is 19.1. The van der Waals surface area contributed by atoms with Gasteiger partial charge in [0.2, 0.25) is 0 Å². The normalized spacial score (nSPS) is 22.8. The fourth-order valence-corrected chi connectivity index (χ4v) is 1.84. The van der Waals surface area contributed by atoms with Crippen LogP contribution in [0, 0.1) is 0 Å². The van der Waals surface area contributed by atoms with Crippen molar-refractivity contribution in [3.05, 3.63) is 18.6 Å². The van der Waals surface area contributed by atoms with Crippen LogP contribution in [0.3, 0.4) is 0 Å². The molecule has 0 aliphatic carbocycles. The van der Waals surface area contributed by atoms with E-state index < -0.39 is 17.8 Å². The number of alkyl halides is 1. The van der Waals surface area contributed by atoms with E-state index in [9.17, 15) is 14.0 Å². The summed E-state index contributed by atoms with van der Waals surface area (Å²) in [6.45, 7) is -0.000276. The SMILES string of the molecule is O=C(O)N1CCCC1(F)C(=O)Nc1cnccn1. The number of aromatic nitrogens is 2. The zero-order valence-corrected chi connectivity index (χ0v) is 9.34. The summed E-state index contributed by atoms with van der Waals surface area (Å²) in [5.41, 5.74) is 0. The molecular weight excluding hydrogens is 243 g/mol. The van der Waals surface area contributed by atoms with Gasteiger partial charge in [-0.2, -0.15) is 0 Å². The van der Waals surface area contributed by atoms with Crippen LogP contribution < -0.4 is 5.32 Å². The standard InChI is InChI=1S/C10H11FN4O3/c11-10(2-1-5-15(10)9(17)18)8(16)14-7-6-12-3-4-13-7/h3-4,6H,1-2,5H2,(H,17,18)(H,13,14,16). The number of halogens is 1. The minimum atomic E-state index is -2.54. The van der Waals surface area contributed by atoms with E-state index in [1.807, 2.05) is 0 Å². The van der Waals surface area contributed by atoms with Crippen molar-refractivity contribution >= 4 is 17.8 Å². The highest BCUT2D eigenvalue weighted by Gasteiger charge is 2.51. The summed E-state index contributed by atoms with van der Waals surface area (Å²) in [5.74, 6) is -3.50. The van der Waals surface area contributed by atoms with Gasteiger partial charge >= 0.3 is 6.09 Å². The maximum Gasteiger partial charge on any atom is 0.410 e. The molecule has 1 atom stereocenters. The predicted octanol–water partition coefficient (Wildman–Crippen LogP) is 0.855. The Labute approximate surface area is 102 Å². The van der Waals surface area contributed by atoms with Gasteiger partial charge in [0.05, 0.1) is 6.20 Å². The number of amides is 2. The lowest BCUT2D eigenvalue weighted by Gasteiger charge is -2.27. The largest absolute Gasteiger partial charge is 0.465 e. The third-order valence-corrected chi connectivity index (χ3v) is 2.70. The number of likely N-dealkylation sites (tertiary alicyclic amines) is 1. The lowest BCUT2D eigenvalue weighted by molar-refractivity contribution is -0.135. The molecule has 1 fully saturated rings. The first-order valence-electron chi connectivity index (χ1n) is 5.31. The van der Waals surface area contributed by atoms with E-state index in [4.69, 9.17) is 5.11 Å². The molecule has 2 heterocycles. The lowest BCUT2D eigenvalue weighted by Crippen LogP contribution is -2.51. The Morgan fingerprint density at radius 1 is 1.50 bits per heavy atom. The van der Waals surface area contributed by atoms with E-state index in [-0.39, 0.29) is 18.8 Å². The van der Waals surface area contributed by atoms with E-state index in [2.05, 4.69) is 15.3 Å². The van der Waals surface area contributed by atoms with Crippen LogP contribution in [0.5, 0.6) is 0 Å². The Bertz CT molecular complexity index is 469. The molecule has 2 N–H and O–H groups in total. The number of carbonyl (C=O) groups is 2. The molecule has 0 saturated carbocycles. The molecular formula is C10H11FN4O3. The number of hydrogen-bond donors (Lipinski definition) is 2. The number of anilines is 1. The molecule has 1 aliphatic heterocycles. The Morgan fingerprint density at radius 3 is 2.89 bits per heavy atom. The van der Waals surface area contributed by atoms with Crippen molar-refractivity contribution in [2.24, 2.45) is 0 Å². The van der Waals surface area contributed by atoms with Gasteiger partial charge in [0.1, 0.15) is 0 Å². The van der Waals surface area contributed by atoms with Crippen molar-refractivity contribution in [2.45, 2.75) is 18.6 Å². The number of nitrogens with one attached hydrogen (secondary N) is 1. The second-order valence-electron chi connectivity index (χ2n) is 3.84. The van der Waals surface area contributed by atoms with Gasteiger partial charge in [-0.15, -0.1) is 0 Å². The van der Waals surface area contributed by atoms with Gasteiger partial charge in [-0.3, -0.25) is 14.7 Å². The maximum atomic E-state index is 14.4. The van der Waals surface area contributed by atoms with Gasteiger partial charge in [0.25, 0.3) is 11.7 Å². The molecule has 8 heteroatoms. The van der Waals surface area contributed by atoms with Crippen molar-refractivity contribution in [3.63, 3.8) is 0 Å². The summed E-state index contributed by atoms with van der Waals surface area (Å²) < 4.78 is 14.4. The minimum Gasteiger partial charge on any atom is -0.465 e. The van der Waals surface area contributed by atoms with Gasteiger partial charge in [-0.05, 0) is 6.42 Å². The molecule has 1 saturated heterocycles. The zero-order chi connectivity index (χ0) is 13.2. The van der Waals surface area contributed by atoms with Crippen LogP contribution in [0.1, 0.15) is 12.8 Å². The summed E-state index contributed by atoms with van der Waals surface area (Å²) in [6.07, 6.45) is 2.68. The van der Waals surface area contributed by atoms with Crippen LogP contribution >= 0.6 is 0 Å². The maximum absolute atomic E-state index is 14.4. The van der Waals surface area contributed by atoms with E-state index in [1.54, 1.807) is 0 Å². The number of nitrogens with zero attached hydrogens (tertiary/aromatic N) is 3. The molecule has 96 valence electrons. The Hall–Kier alpha value is -2.25. The van der Waals surface area contributed by atoms with Crippen LogP contribution in [0.25, 0.3) is 0 Å². The first-order chi connectivity index (χ1) is 8.54. The molecule has 7 nitrogen and oxygen atoms in total. The summed E-state index contributed by atoms with van der Waals surface area (Å²) >= 11 is 0. The summed E-state index contributed by atoms with van der Waals surface area (Å²) in [4.78, 5) is 30.6. The monoisotopic (exact) mass is 254 g/mol. The smallest absolute Gasteiger partial charge is 0.410 e. The number of hydrogen-bond acceptors (Lipinski definition) is 4. The van der Waals surface area contributed by atoms with E-state index in [0.717, 1.165) is 0 Å². The predicted molar refractivity (Wildman–Crippen MR) is 58.5 cm³/mol. The number of rotatable bonds is 2. The molecule has 1 aromatic heterocycles. The third-order valence-electron chi connectivity index (χ3n) is 2.70. The van der Waals surface area contributed by atoms with Gasteiger partial charge in [0.15, 0.2) is 5.82 Å². The Kier molecular flexibility index (Phi) is 3.09. The first kappa shape index (κ1) is 12.2. The fraction of sp³-hybridized carbons (Fsp3) is 0.400. The highest BCUT2D eigenvalue weighted by Crippen LogP contribution is 2.31. The van der Waals surface area contributed by atoms with Crippen molar-refractivity contribution in [1.82, 2.24) is 14.9 Å². The van der Waals surface area contributed by atoms with Gasteiger partial charge in [-0.25, -0.2) is 14.2 Å². The van der Waals surface area contributed by atoms with Crippen LogP contribution in [-0.2, 0) is 4.79 Å². The van der Waals surface area contributed by atoms with Crippen molar-refractivity contribution in [3.8, 4) is 0 Å². The van der Waals surface area contributed by atoms with Crippen molar-refractivity contribution < 1.29 is 19.1 Å². The first-order valence-corrected chi connectivity index (χ1v) is 5.31. The van der Waals surface area contributed by atoms with E-state index in [0.29, 0.717) is 11.3 Å². The molecule has 1 unspecified atom stereocenters. The molecule has 1 aromatic rings. The highest BCUT2D eigenvalue weighted by molar-refractivity contribution is 5.98. The minimum absolute atomic E-state index is 0.000276. The fourth-order valence-electron chi connectivity index (χ4n) is 1.84. The summed E-state index contributed by atoms with van der Waals surface area (Å²) in [6, 6.07) is 0. The number of carboxylic acid groups (broad SMARTS) is 1. The topological polar surface area (TPSA) is 95.4 Å². The molecule has 2 amide bonds. The van der Waals surface area contributed by atoms with Crippen LogP contribution in [0.15, 0.2) is 18.6 Å². The Morgan fingerprint density at radius 2 is 2.28 bits per heavy atom. The molecule has 0 bridgehead atoms. The van der Waals surface area contributed by atoms with Crippen molar-refractivity contribution in [1.29, 1.82) is 0 Å². The average molecular weight is 254 g/mol. The van der Waals surface area contributed by atoms with Gasteiger partial charge < -0.3 is 10.4 Å². The van der Waals surface area contributed by atoms with Gasteiger partial charge in [0, 0.05) is 25.4 Å². The quantitative estimate of drug-likeness (QED) is 0.763. The Balaban J connectivity index is 2.15. The zero-order valence-electron chi connectivity index (χ0n) is 9.34. The van der Waals surface area contributed by atoms with Crippen LogP contribution in [-0.4, -0.2) is 44.3 Å². The molecule has 2 rings (SSSR count). The second-order valence-corrected chi connectivity index (χ2v) is 3.84. The lowest BCUT2D eigenvalue weighted by atomic mass is 10.1. The van der Waals surface area contributed by atoms with Gasteiger partial charge in [-0.1, -0.05) is 0 Å². The molecule has 0 radical (unpaired) electrons. The molecule has 1 aliphatic rings. The van der Waals surface area contributed by atoms with E-state index in [1.165, 1.54) is 18.6 Å². The molecule has 0 spiro atoms. The third kappa shape index (κ3) is 2.08. The summed E-state index contributed by atoms with van der Waals surface area (Å²) in [7, 11) is 0. The average Bonchev–Trinajstić information content (AvgIpc) is 2.74. The molecule has 18 heavy (non-hydrogen) atoms. The van der Waals surface area contributed by atoms with Crippen LogP contribution in [0.4, 0.5) is 15.0 Å². The van der Waals surface area contributed by atoms with Crippen LogP contribution in [0.2, 0.25) is 0 Å². The number of carbonyl (C=O) groups excluding carboxylic acids is 1. The second kappa shape index (κ2) is 4.55. The van der Waals surface area contributed by atoms with Crippen molar-refractivity contribution in [2.75, 3.05) is 11.9 Å². The van der Waals surface area contributed by atoms with E-state index >= 15 is 0 Å².